The average molecular weight is 343 g/mol. The van der Waals surface area contributed by atoms with Crippen LogP contribution in [0.5, 0.6) is 0 Å². The predicted molar refractivity (Wildman–Crippen MR) is 79.2 cm³/mol. The van der Waals surface area contributed by atoms with Crippen LogP contribution in [0.15, 0.2) is 48.5 Å². The number of alkyl halides is 3. The Balaban J connectivity index is 2.21. The van der Waals surface area contributed by atoms with Crippen molar-refractivity contribution in [1.82, 2.24) is 4.72 Å². The minimum atomic E-state index is -4.40. The summed E-state index contributed by atoms with van der Waals surface area (Å²) in [5.41, 5.74) is 0.541. The number of amides is 1. The highest BCUT2D eigenvalue weighted by Gasteiger charge is 2.29. The Kier molecular flexibility index (Phi) is 4.46. The molecule has 23 heavy (non-hydrogen) atoms. The van der Waals surface area contributed by atoms with E-state index in [-0.39, 0.29) is 5.56 Å². The summed E-state index contributed by atoms with van der Waals surface area (Å²) in [5, 5.41) is 0. The molecule has 0 aromatic heterocycles. The second-order valence-electron chi connectivity index (χ2n) is 4.86. The Hall–Kier alpha value is -2.35. The molecule has 1 N–H and O–H groups in total. The fourth-order valence-corrected chi connectivity index (χ4v) is 2.35. The van der Waals surface area contributed by atoms with Gasteiger partial charge in [-0.15, -0.1) is 0 Å². The molecular formula is C15H12F3NO3S. The first-order valence-electron chi connectivity index (χ1n) is 6.36. The predicted octanol–water partition coefficient (Wildman–Crippen LogP) is 3.06. The third-order valence-corrected chi connectivity index (χ3v) is 3.53. The summed E-state index contributed by atoms with van der Waals surface area (Å²) in [6.07, 6.45) is -3.53. The van der Waals surface area contributed by atoms with Crippen molar-refractivity contribution >= 4 is 15.9 Å². The van der Waals surface area contributed by atoms with Gasteiger partial charge in [0.15, 0.2) is 0 Å². The molecule has 2 rings (SSSR count). The van der Waals surface area contributed by atoms with Crippen LogP contribution in [0.25, 0.3) is 11.1 Å². The summed E-state index contributed by atoms with van der Waals surface area (Å²) < 4.78 is 61.3. The first-order valence-corrected chi connectivity index (χ1v) is 8.25. The number of benzene rings is 2. The van der Waals surface area contributed by atoms with E-state index >= 15 is 0 Å². The van der Waals surface area contributed by atoms with E-state index in [2.05, 4.69) is 0 Å². The largest absolute Gasteiger partial charge is 0.416 e. The van der Waals surface area contributed by atoms with Gasteiger partial charge in [-0.25, -0.2) is 13.1 Å². The van der Waals surface area contributed by atoms with Crippen LogP contribution in [-0.2, 0) is 16.2 Å². The Morgan fingerprint density at radius 2 is 1.35 bits per heavy atom. The number of nitrogens with one attached hydrogen (secondary N) is 1. The van der Waals surface area contributed by atoms with E-state index < -0.39 is 27.7 Å². The van der Waals surface area contributed by atoms with Crippen LogP contribution in [0.1, 0.15) is 15.9 Å². The molecule has 4 nitrogen and oxygen atoms in total. The lowest BCUT2D eigenvalue weighted by Gasteiger charge is -2.08. The van der Waals surface area contributed by atoms with Gasteiger partial charge >= 0.3 is 6.18 Å². The summed E-state index contributed by atoms with van der Waals surface area (Å²) >= 11 is 0. The van der Waals surface area contributed by atoms with Crippen LogP contribution < -0.4 is 4.72 Å². The lowest BCUT2D eigenvalue weighted by molar-refractivity contribution is -0.137. The van der Waals surface area contributed by atoms with E-state index in [1.807, 2.05) is 4.72 Å². The Morgan fingerprint density at radius 3 is 1.74 bits per heavy atom. The molecule has 0 radical (unpaired) electrons. The van der Waals surface area contributed by atoms with Gasteiger partial charge < -0.3 is 0 Å². The molecule has 0 aliphatic rings. The number of hydrogen-bond donors (Lipinski definition) is 1. The molecule has 1 amide bonds. The molecule has 0 atom stereocenters. The Bertz CT molecular complexity index is 811. The molecule has 2 aromatic carbocycles. The van der Waals surface area contributed by atoms with Gasteiger partial charge in [0, 0.05) is 5.56 Å². The highest BCUT2D eigenvalue weighted by atomic mass is 32.2. The maximum absolute atomic E-state index is 12.5. The standard InChI is InChI=1S/C15H12F3NO3S/c1-23(21,22)19-14(20)12-4-2-10(3-5-12)11-6-8-13(9-7-11)15(16,17)18/h2-9H,1H3,(H,19,20). The van der Waals surface area contributed by atoms with Crippen molar-refractivity contribution < 1.29 is 26.4 Å². The zero-order valence-electron chi connectivity index (χ0n) is 11.9. The molecule has 0 aliphatic carbocycles. The summed E-state index contributed by atoms with van der Waals surface area (Å²) in [4.78, 5) is 11.6. The van der Waals surface area contributed by atoms with Crippen LogP contribution in [0, 0.1) is 0 Å². The molecule has 0 unspecified atom stereocenters. The zero-order chi connectivity index (χ0) is 17.3. The summed E-state index contributed by atoms with van der Waals surface area (Å²) in [7, 11) is -3.66. The Labute approximate surface area is 131 Å². The molecule has 8 heteroatoms. The van der Waals surface area contributed by atoms with E-state index in [4.69, 9.17) is 0 Å². The second-order valence-corrected chi connectivity index (χ2v) is 6.60. The van der Waals surface area contributed by atoms with E-state index in [1.165, 1.54) is 36.4 Å². The van der Waals surface area contributed by atoms with Gasteiger partial charge in [0.2, 0.25) is 10.0 Å². The van der Waals surface area contributed by atoms with Gasteiger partial charge in [0.1, 0.15) is 0 Å². The number of carbonyl (C=O) groups is 1. The fourth-order valence-electron chi connectivity index (χ4n) is 1.89. The van der Waals surface area contributed by atoms with Crippen molar-refractivity contribution in [3.63, 3.8) is 0 Å². The minimum absolute atomic E-state index is 0.131. The van der Waals surface area contributed by atoms with E-state index in [1.54, 1.807) is 0 Å². The van der Waals surface area contributed by atoms with Crippen molar-refractivity contribution in [2.75, 3.05) is 6.26 Å². The number of carbonyl (C=O) groups excluding carboxylic acids is 1. The number of halogens is 3. The number of hydrogen-bond acceptors (Lipinski definition) is 3. The van der Waals surface area contributed by atoms with E-state index in [0.717, 1.165) is 18.4 Å². The van der Waals surface area contributed by atoms with Crippen molar-refractivity contribution in [3.05, 3.63) is 59.7 Å². The number of rotatable bonds is 3. The van der Waals surface area contributed by atoms with Gasteiger partial charge in [-0.1, -0.05) is 24.3 Å². The molecular weight excluding hydrogens is 331 g/mol. The maximum atomic E-state index is 12.5. The SMILES string of the molecule is CS(=O)(=O)NC(=O)c1ccc(-c2ccc(C(F)(F)F)cc2)cc1. The third kappa shape index (κ3) is 4.56. The van der Waals surface area contributed by atoms with Crippen LogP contribution in [0.3, 0.4) is 0 Å². The quantitative estimate of drug-likeness (QED) is 0.932. The van der Waals surface area contributed by atoms with Crippen molar-refractivity contribution in [1.29, 1.82) is 0 Å². The second kappa shape index (κ2) is 6.04. The molecule has 122 valence electrons. The summed E-state index contributed by atoms with van der Waals surface area (Å²) in [6, 6.07) is 10.4. The highest BCUT2D eigenvalue weighted by Crippen LogP contribution is 2.31. The topological polar surface area (TPSA) is 63.2 Å². The zero-order valence-corrected chi connectivity index (χ0v) is 12.7. The molecule has 0 saturated heterocycles. The Morgan fingerprint density at radius 1 is 0.913 bits per heavy atom. The van der Waals surface area contributed by atoms with Crippen LogP contribution in [0.2, 0.25) is 0 Å². The van der Waals surface area contributed by atoms with Gasteiger partial charge in [0.05, 0.1) is 11.8 Å². The first kappa shape index (κ1) is 17.0. The van der Waals surface area contributed by atoms with Crippen molar-refractivity contribution in [2.24, 2.45) is 0 Å². The normalized spacial score (nSPS) is 12.0. The smallest absolute Gasteiger partial charge is 0.268 e. The van der Waals surface area contributed by atoms with Gasteiger partial charge in [-0.05, 0) is 35.4 Å². The highest BCUT2D eigenvalue weighted by molar-refractivity contribution is 7.89. The minimum Gasteiger partial charge on any atom is -0.268 e. The molecule has 0 spiro atoms. The molecule has 0 saturated carbocycles. The van der Waals surface area contributed by atoms with E-state index in [0.29, 0.717) is 11.1 Å². The lowest BCUT2D eigenvalue weighted by atomic mass is 10.0. The molecule has 0 bridgehead atoms. The average Bonchev–Trinajstić information content (AvgIpc) is 2.45. The van der Waals surface area contributed by atoms with Crippen molar-refractivity contribution in [2.45, 2.75) is 6.18 Å². The van der Waals surface area contributed by atoms with Gasteiger partial charge in [0.25, 0.3) is 5.91 Å². The van der Waals surface area contributed by atoms with Gasteiger partial charge in [-0.2, -0.15) is 13.2 Å². The van der Waals surface area contributed by atoms with Crippen LogP contribution in [-0.4, -0.2) is 20.6 Å². The molecule has 2 aromatic rings. The molecule has 0 heterocycles. The summed E-state index contributed by atoms with van der Waals surface area (Å²) in [6.45, 7) is 0. The monoisotopic (exact) mass is 343 g/mol. The molecule has 0 fully saturated rings. The van der Waals surface area contributed by atoms with Crippen molar-refractivity contribution in [3.8, 4) is 11.1 Å². The van der Waals surface area contributed by atoms with Crippen LogP contribution in [0.4, 0.5) is 13.2 Å². The maximum Gasteiger partial charge on any atom is 0.416 e. The fraction of sp³-hybridized carbons (Fsp3) is 0.133. The lowest BCUT2D eigenvalue weighted by Crippen LogP contribution is -2.29. The number of sulfonamides is 1. The summed E-state index contributed by atoms with van der Waals surface area (Å²) in [5.74, 6) is -0.772. The first-order chi connectivity index (χ1) is 10.6. The molecule has 0 aliphatic heterocycles. The third-order valence-electron chi connectivity index (χ3n) is 2.97. The van der Waals surface area contributed by atoms with E-state index in [9.17, 15) is 26.4 Å². The van der Waals surface area contributed by atoms with Crippen LogP contribution >= 0.6 is 0 Å². The van der Waals surface area contributed by atoms with Gasteiger partial charge in [-0.3, -0.25) is 4.79 Å².